The molecule has 0 saturated heterocycles. The molecular formula is C20H18I2N2. The Hall–Kier alpha value is -1.15. The molecule has 24 heavy (non-hydrogen) atoms. The van der Waals surface area contributed by atoms with Crippen LogP contribution in [0.5, 0.6) is 0 Å². The van der Waals surface area contributed by atoms with E-state index in [1.807, 2.05) is 6.21 Å². The fraction of sp³-hybridized carbons (Fsp3) is 0.150. The van der Waals surface area contributed by atoms with Gasteiger partial charge in [-0.25, -0.2) is 0 Å². The highest BCUT2D eigenvalue weighted by molar-refractivity contribution is 14.1. The van der Waals surface area contributed by atoms with Crippen LogP contribution >= 0.6 is 45.2 Å². The summed E-state index contributed by atoms with van der Waals surface area (Å²) in [5.74, 6) is 0. The minimum atomic E-state index is 1.02. The Balaban J connectivity index is 1.97. The number of benzene rings is 2. The molecule has 4 heteroatoms. The zero-order valence-corrected chi connectivity index (χ0v) is 18.2. The van der Waals surface area contributed by atoms with Crippen LogP contribution in [0.2, 0.25) is 0 Å². The number of hydrogen-bond acceptors (Lipinski definition) is 1. The van der Waals surface area contributed by atoms with E-state index in [9.17, 15) is 0 Å². The van der Waals surface area contributed by atoms with E-state index in [1.54, 1.807) is 0 Å². The smallest absolute Gasteiger partial charge is 0.0659 e. The van der Waals surface area contributed by atoms with E-state index in [2.05, 4.69) is 119 Å². The number of rotatable bonds is 3. The lowest BCUT2D eigenvalue weighted by Gasteiger charge is -2.09. The molecule has 1 heterocycles. The van der Waals surface area contributed by atoms with E-state index in [0.717, 1.165) is 11.3 Å². The van der Waals surface area contributed by atoms with Crippen molar-refractivity contribution in [3.63, 3.8) is 0 Å². The van der Waals surface area contributed by atoms with Crippen molar-refractivity contribution in [2.75, 3.05) is 0 Å². The lowest BCUT2D eigenvalue weighted by Crippen LogP contribution is -1.99. The van der Waals surface area contributed by atoms with E-state index in [0.29, 0.717) is 0 Å². The van der Waals surface area contributed by atoms with Gasteiger partial charge in [-0.15, -0.1) is 0 Å². The maximum atomic E-state index is 4.70. The normalized spacial score (nSPS) is 11.4. The zero-order chi connectivity index (χ0) is 17.3. The van der Waals surface area contributed by atoms with Crippen molar-refractivity contribution in [1.82, 2.24) is 4.57 Å². The first kappa shape index (κ1) is 17.7. The van der Waals surface area contributed by atoms with Crippen LogP contribution in [0.3, 0.4) is 0 Å². The van der Waals surface area contributed by atoms with Crippen molar-refractivity contribution in [3.05, 3.63) is 78.2 Å². The average molecular weight is 540 g/mol. The molecule has 3 aromatic rings. The van der Waals surface area contributed by atoms with Crippen molar-refractivity contribution in [1.29, 1.82) is 0 Å². The minimum Gasteiger partial charge on any atom is -0.318 e. The van der Waals surface area contributed by atoms with Gasteiger partial charge in [-0.2, -0.15) is 0 Å². The number of aliphatic imine (C=N–C) groups is 1. The van der Waals surface area contributed by atoms with Gasteiger partial charge in [0.15, 0.2) is 0 Å². The summed E-state index contributed by atoms with van der Waals surface area (Å²) in [5.41, 5.74) is 6.99. The van der Waals surface area contributed by atoms with Crippen LogP contribution in [0.25, 0.3) is 5.69 Å². The molecule has 2 aromatic carbocycles. The van der Waals surface area contributed by atoms with Gasteiger partial charge in [0.2, 0.25) is 0 Å². The SMILES string of the molecule is Cc1cc(I)ccc1N=Cc1cc(C)n(-c2ccc(I)cc2)c1C. The number of hydrogen-bond donors (Lipinski definition) is 0. The minimum absolute atomic E-state index is 1.02. The molecule has 0 aliphatic carbocycles. The second-order valence-corrected chi connectivity index (χ2v) is 8.32. The molecule has 0 amide bonds. The number of aromatic nitrogens is 1. The molecule has 0 atom stereocenters. The molecule has 0 spiro atoms. The highest BCUT2D eigenvalue weighted by Crippen LogP contribution is 2.23. The van der Waals surface area contributed by atoms with E-state index in [1.165, 1.54) is 29.8 Å². The van der Waals surface area contributed by atoms with Crippen LogP contribution in [-0.4, -0.2) is 10.8 Å². The van der Waals surface area contributed by atoms with Crippen molar-refractivity contribution in [3.8, 4) is 5.69 Å². The number of halogens is 2. The lowest BCUT2D eigenvalue weighted by atomic mass is 10.2. The molecule has 3 rings (SSSR count). The van der Waals surface area contributed by atoms with Gasteiger partial charge in [0.05, 0.1) is 5.69 Å². The predicted octanol–water partition coefficient (Wildman–Crippen LogP) is 6.36. The van der Waals surface area contributed by atoms with Gasteiger partial charge >= 0.3 is 0 Å². The van der Waals surface area contributed by atoms with Gasteiger partial charge in [0.25, 0.3) is 0 Å². The molecule has 122 valence electrons. The van der Waals surface area contributed by atoms with Crippen molar-refractivity contribution < 1.29 is 0 Å². The summed E-state index contributed by atoms with van der Waals surface area (Å²) < 4.78 is 4.76. The first-order valence-corrected chi connectivity index (χ1v) is 9.86. The van der Waals surface area contributed by atoms with Crippen LogP contribution in [0.4, 0.5) is 5.69 Å². The summed E-state index contributed by atoms with van der Waals surface area (Å²) in [4.78, 5) is 4.70. The van der Waals surface area contributed by atoms with Crippen molar-refractivity contribution >= 4 is 57.1 Å². The van der Waals surface area contributed by atoms with E-state index >= 15 is 0 Å². The first-order chi connectivity index (χ1) is 11.5. The summed E-state index contributed by atoms with van der Waals surface area (Å²) in [6.45, 7) is 6.38. The predicted molar refractivity (Wildman–Crippen MR) is 119 cm³/mol. The molecule has 0 aliphatic heterocycles. The zero-order valence-electron chi connectivity index (χ0n) is 13.8. The molecule has 0 radical (unpaired) electrons. The summed E-state index contributed by atoms with van der Waals surface area (Å²) in [6.07, 6.45) is 1.97. The van der Waals surface area contributed by atoms with Crippen molar-refractivity contribution in [2.24, 2.45) is 4.99 Å². The Bertz CT molecular complexity index is 906. The fourth-order valence-corrected chi connectivity index (χ4v) is 3.82. The van der Waals surface area contributed by atoms with E-state index in [-0.39, 0.29) is 0 Å². The van der Waals surface area contributed by atoms with Gasteiger partial charge in [-0.3, -0.25) is 4.99 Å². The highest BCUT2D eigenvalue weighted by atomic mass is 127. The second kappa shape index (κ2) is 7.39. The van der Waals surface area contributed by atoms with Crippen LogP contribution in [0, 0.1) is 27.9 Å². The standard InChI is InChI=1S/C20H18I2N2/c1-13-10-18(22)6-9-20(13)23-12-16-11-14(2)24(15(16)3)19-7-4-17(21)5-8-19/h4-12H,1-3H3. The first-order valence-electron chi connectivity index (χ1n) is 7.71. The number of aryl methyl sites for hydroxylation is 2. The third-order valence-electron chi connectivity index (χ3n) is 4.06. The maximum Gasteiger partial charge on any atom is 0.0659 e. The molecule has 0 aliphatic rings. The highest BCUT2D eigenvalue weighted by Gasteiger charge is 2.09. The average Bonchev–Trinajstić information content (AvgIpc) is 2.82. The maximum absolute atomic E-state index is 4.70. The third kappa shape index (κ3) is 3.74. The monoisotopic (exact) mass is 540 g/mol. The summed E-state index contributed by atoms with van der Waals surface area (Å²) in [7, 11) is 0. The second-order valence-electron chi connectivity index (χ2n) is 5.83. The Labute approximate surface area is 170 Å². The largest absolute Gasteiger partial charge is 0.318 e. The Morgan fingerprint density at radius 2 is 1.54 bits per heavy atom. The molecule has 0 N–H and O–H groups in total. The summed E-state index contributed by atoms with van der Waals surface area (Å²) >= 11 is 4.66. The topological polar surface area (TPSA) is 17.3 Å². The van der Waals surface area contributed by atoms with Gasteiger partial charge in [0, 0.05) is 36.0 Å². The Morgan fingerprint density at radius 3 is 2.21 bits per heavy atom. The van der Waals surface area contributed by atoms with Gasteiger partial charge in [-0.05, 0) is 120 Å². The molecule has 0 fully saturated rings. The van der Waals surface area contributed by atoms with Crippen LogP contribution in [0.15, 0.2) is 53.5 Å². The van der Waals surface area contributed by atoms with E-state index in [4.69, 9.17) is 4.99 Å². The Kier molecular flexibility index (Phi) is 5.44. The quantitative estimate of drug-likeness (QED) is 0.272. The summed E-state index contributed by atoms with van der Waals surface area (Å²) in [6, 6.07) is 17.1. The molecule has 2 nitrogen and oxygen atoms in total. The molecule has 0 saturated carbocycles. The summed E-state index contributed by atoms with van der Waals surface area (Å²) in [5, 5.41) is 0. The van der Waals surface area contributed by atoms with Crippen molar-refractivity contribution in [2.45, 2.75) is 20.8 Å². The molecule has 0 bridgehead atoms. The molecule has 1 aromatic heterocycles. The van der Waals surface area contributed by atoms with Gasteiger partial charge < -0.3 is 4.57 Å². The Morgan fingerprint density at radius 1 is 0.875 bits per heavy atom. The van der Waals surface area contributed by atoms with Gasteiger partial charge in [-0.1, -0.05) is 0 Å². The molecule has 0 unspecified atom stereocenters. The lowest BCUT2D eigenvalue weighted by molar-refractivity contribution is 0.964. The fourth-order valence-electron chi connectivity index (χ4n) is 2.81. The molecular weight excluding hydrogens is 522 g/mol. The van der Waals surface area contributed by atoms with Crippen LogP contribution < -0.4 is 0 Å². The number of nitrogens with zero attached hydrogens (tertiary/aromatic N) is 2. The third-order valence-corrected chi connectivity index (χ3v) is 5.45. The van der Waals surface area contributed by atoms with Crippen LogP contribution in [0.1, 0.15) is 22.5 Å². The van der Waals surface area contributed by atoms with Gasteiger partial charge in [0.1, 0.15) is 0 Å². The van der Waals surface area contributed by atoms with E-state index < -0.39 is 0 Å². The van der Waals surface area contributed by atoms with Crippen LogP contribution in [-0.2, 0) is 0 Å².